The smallest absolute Gasteiger partial charge is 0.159 e. The minimum absolute atomic E-state index is 0.0552. The molecule has 1 saturated heterocycles. The van der Waals surface area contributed by atoms with E-state index in [1.54, 1.807) is 24.0 Å². The molecule has 2 rings (SSSR count). The molecule has 4 nitrogen and oxygen atoms in total. The van der Waals surface area contributed by atoms with Gasteiger partial charge in [-0.25, -0.2) is 0 Å². The Labute approximate surface area is 139 Å². The van der Waals surface area contributed by atoms with Gasteiger partial charge in [0.1, 0.15) is 18.9 Å². The predicted octanol–water partition coefficient (Wildman–Crippen LogP) is 1.85. The Kier molecular flexibility index (Phi) is 7.06. The zero-order valence-electron chi connectivity index (χ0n) is 14.6. The van der Waals surface area contributed by atoms with Gasteiger partial charge in [0.2, 0.25) is 0 Å². The van der Waals surface area contributed by atoms with E-state index in [-0.39, 0.29) is 5.78 Å². The fourth-order valence-electron chi connectivity index (χ4n) is 3.47. The second-order valence-electron chi connectivity index (χ2n) is 6.90. The van der Waals surface area contributed by atoms with Crippen LogP contribution in [0, 0.1) is 11.8 Å². The third kappa shape index (κ3) is 6.32. The van der Waals surface area contributed by atoms with E-state index in [4.69, 9.17) is 9.47 Å². The molecule has 1 aliphatic heterocycles. The van der Waals surface area contributed by atoms with E-state index in [0.29, 0.717) is 18.8 Å². The van der Waals surface area contributed by atoms with Crippen LogP contribution in [0.4, 0.5) is 0 Å². The lowest BCUT2D eigenvalue weighted by atomic mass is 9.92. The van der Waals surface area contributed by atoms with Crippen molar-refractivity contribution in [3.8, 4) is 5.75 Å². The van der Waals surface area contributed by atoms with E-state index >= 15 is 0 Å². The molecule has 0 aliphatic carbocycles. The van der Waals surface area contributed by atoms with Crippen LogP contribution in [0.2, 0.25) is 0 Å². The van der Waals surface area contributed by atoms with E-state index in [1.807, 2.05) is 12.1 Å². The van der Waals surface area contributed by atoms with Gasteiger partial charge in [0.25, 0.3) is 0 Å². The molecule has 1 aromatic carbocycles. The Morgan fingerprint density at radius 3 is 2.61 bits per heavy atom. The predicted molar refractivity (Wildman–Crippen MR) is 91.3 cm³/mol. The number of carbonyl (C=O) groups is 1. The van der Waals surface area contributed by atoms with Gasteiger partial charge in [-0.15, -0.1) is 0 Å². The molecule has 23 heavy (non-hydrogen) atoms. The number of ether oxygens (including phenoxy) is 2. The maximum atomic E-state index is 11.3. The van der Waals surface area contributed by atoms with Crippen molar-refractivity contribution in [2.45, 2.75) is 27.2 Å². The van der Waals surface area contributed by atoms with Crippen molar-refractivity contribution >= 4 is 5.78 Å². The largest absolute Gasteiger partial charge is 0.491 e. The number of piperidine rings is 1. The summed E-state index contributed by atoms with van der Waals surface area (Å²) in [6, 6.07) is 7.29. The Bertz CT molecular complexity index is 493. The normalized spacial score (nSPS) is 24.4. The van der Waals surface area contributed by atoms with E-state index < -0.39 is 0 Å². The van der Waals surface area contributed by atoms with Gasteiger partial charge in [0.15, 0.2) is 5.78 Å². The van der Waals surface area contributed by atoms with Crippen LogP contribution < -0.4 is 9.64 Å². The summed E-state index contributed by atoms with van der Waals surface area (Å²) in [4.78, 5) is 13.0. The number of hydrogen-bond donors (Lipinski definition) is 1. The number of ketones is 1. The summed E-state index contributed by atoms with van der Waals surface area (Å²) in [5, 5.41) is 0. The summed E-state index contributed by atoms with van der Waals surface area (Å²) >= 11 is 0. The molecule has 0 spiro atoms. The van der Waals surface area contributed by atoms with Crippen molar-refractivity contribution in [1.29, 1.82) is 0 Å². The number of Topliss-reactive ketones (excluding diaryl/α,β-unsaturated/α-hetero) is 1. The maximum Gasteiger partial charge on any atom is 0.159 e. The zero-order chi connectivity index (χ0) is 16.7. The molecule has 1 heterocycles. The molecule has 3 atom stereocenters. The van der Waals surface area contributed by atoms with Crippen molar-refractivity contribution in [3.63, 3.8) is 0 Å². The Hall–Kier alpha value is -1.39. The summed E-state index contributed by atoms with van der Waals surface area (Å²) in [5.74, 6) is 2.43. The van der Waals surface area contributed by atoms with Crippen LogP contribution >= 0.6 is 0 Å². The molecule has 0 radical (unpaired) electrons. The highest BCUT2D eigenvalue weighted by Crippen LogP contribution is 2.13. The number of likely N-dealkylation sites (tertiary alicyclic amines) is 1. The first-order valence-corrected chi connectivity index (χ1v) is 8.69. The van der Waals surface area contributed by atoms with Crippen LogP contribution in [-0.4, -0.2) is 45.2 Å². The first kappa shape index (κ1) is 18.0. The lowest BCUT2D eigenvalue weighted by Crippen LogP contribution is -3.14. The number of hydrogen-bond acceptors (Lipinski definition) is 3. The molecule has 4 heteroatoms. The van der Waals surface area contributed by atoms with Gasteiger partial charge in [0.05, 0.1) is 26.3 Å². The van der Waals surface area contributed by atoms with Gasteiger partial charge >= 0.3 is 0 Å². The summed E-state index contributed by atoms with van der Waals surface area (Å²) < 4.78 is 11.3. The summed E-state index contributed by atoms with van der Waals surface area (Å²) in [7, 11) is 0. The molecule has 1 aliphatic rings. The molecule has 1 unspecified atom stereocenters. The molecule has 128 valence electrons. The van der Waals surface area contributed by atoms with Gasteiger partial charge < -0.3 is 14.4 Å². The van der Waals surface area contributed by atoms with Crippen molar-refractivity contribution in [1.82, 2.24) is 0 Å². The molecule has 0 aromatic heterocycles. The first-order valence-electron chi connectivity index (χ1n) is 8.69. The standard InChI is InChI=1S/C19H29NO3/c1-15-11-16(2)14-20(13-15)7-8-22-9-10-23-19-6-4-5-18(12-19)17(3)21/h4-6,12,15-16H,7-11,13-14H2,1-3H3/p+1/t15-,16+. The molecule has 1 N–H and O–H groups in total. The maximum absolute atomic E-state index is 11.3. The van der Waals surface area contributed by atoms with E-state index in [0.717, 1.165) is 30.7 Å². The highest BCUT2D eigenvalue weighted by Gasteiger charge is 2.24. The minimum Gasteiger partial charge on any atom is -0.491 e. The molecule has 0 amide bonds. The summed E-state index contributed by atoms with van der Waals surface area (Å²) in [6.45, 7) is 11.8. The average Bonchev–Trinajstić information content (AvgIpc) is 2.50. The van der Waals surface area contributed by atoms with Crippen LogP contribution in [-0.2, 0) is 4.74 Å². The molecule has 1 fully saturated rings. The fourth-order valence-corrected chi connectivity index (χ4v) is 3.47. The second kappa shape index (κ2) is 9.04. The van der Waals surface area contributed by atoms with Gasteiger partial charge in [-0.3, -0.25) is 4.79 Å². The van der Waals surface area contributed by atoms with Crippen molar-refractivity contribution in [2.75, 3.05) is 39.5 Å². The van der Waals surface area contributed by atoms with Crippen LogP contribution in [0.1, 0.15) is 37.6 Å². The third-order valence-corrected chi connectivity index (χ3v) is 4.42. The quantitative estimate of drug-likeness (QED) is 0.587. The monoisotopic (exact) mass is 320 g/mol. The van der Waals surface area contributed by atoms with Crippen LogP contribution in [0.15, 0.2) is 24.3 Å². The zero-order valence-corrected chi connectivity index (χ0v) is 14.6. The molecule has 1 aromatic rings. The summed E-state index contributed by atoms with van der Waals surface area (Å²) in [5.41, 5.74) is 0.681. The average molecular weight is 320 g/mol. The number of nitrogens with one attached hydrogen (secondary N) is 1. The number of benzene rings is 1. The van der Waals surface area contributed by atoms with Crippen molar-refractivity contribution in [3.05, 3.63) is 29.8 Å². The van der Waals surface area contributed by atoms with Gasteiger partial charge in [-0.05, 0) is 25.5 Å². The van der Waals surface area contributed by atoms with Crippen LogP contribution in [0.5, 0.6) is 5.75 Å². The van der Waals surface area contributed by atoms with E-state index in [2.05, 4.69) is 13.8 Å². The third-order valence-electron chi connectivity index (χ3n) is 4.42. The molecular formula is C19H30NO3+. The van der Waals surface area contributed by atoms with Crippen molar-refractivity contribution < 1.29 is 19.2 Å². The fraction of sp³-hybridized carbons (Fsp3) is 0.632. The van der Waals surface area contributed by atoms with Gasteiger partial charge in [-0.2, -0.15) is 0 Å². The highest BCUT2D eigenvalue weighted by molar-refractivity contribution is 5.94. The number of quaternary nitrogens is 1. The SMILES string of the molecule is CC(=O)c1cccc(OCCOCC[NH+]2C[C@H](C)C[C@H](C)C2)c1. The van der Waals surface area contributed by atoms with Crippen LogP contribution in [0.3, 0.4) is 0 Å². The molecule has 0 bridgehead atoms. The lowest BCUT2D eigenvalue weighted by Gasteiger charge is -2.31. The number of carbonyl (C=O) groups excluding carboxylic acids is 1. The molecular weight excluding hydrogens is 290 g/mol. The highest BCUT2D eigenvalue weighted by atomic mass is 16.5. The van der Waals surface area contributed by atoms with E-state index in [9.17, 15) is 4.79 Å². The number of rotatable bonds is 8. The van der Waals surface area contributed by atoms with Crippen molar-refractivity contribution in [2.24, 2.45) is 11.8 Å². The first-order chi connectivity index (χ1) is 11.0. The topological polar surface area (TPSA) is 40.0 Å². The Morgan fingerprint density at radius 2 is 1.91 bits per heavy atom. The van der Waals surface area contributed by atoms with Crippen LogP contribution in [0.25, 0.3) is 0 Å². The summed E-state index contributed by atoms with van der Waals surface area (Å²) in [6.07, 6.45) is 1.36. The Morgan fingerprint density at radius 1 is 1.17 bits per heavy atom. The van der Waals surface area contributed by atoms with Gasteiger partial charge in [0, 0.05) is 17.4 Å². The van der Waals surface area contributed by atoms with Gasteiger partial charge in [-0.1, -0.05) is 26.0 Å². The lowest BCUT2D eigenvalue weighted by molar-refractivity contribution is -0.912. The Balaban J connectivity index is 1.59. The second-order valence-corrected chi connectivity index (χ2v) is 6.90. The van der Waals surface area contributed by atoms with E-state index in [1.165, 1.54) is 19.5 Å². The minimum atomic E-state index is 0.0552. The molecule has 0 saturated carbocycles.